The van der Waals surface area contributed by atoms with Gasteiger partial charge in [0.2, 0.25) is 5.91 Å². The van der Waals surface area contributed by atoms with Crippen LogP contribution in [0.25, 0.3) is 0 Å². The Morgan fingerprint density at radius 3 is 2.80 bits per heavy atom. The Hall–Kier alpha value is -1.36. The molecule has 1 amide bonds. The molecule has 2 unspecified atom stereocenters. The maximum absolute atomic E-state index is 11.3. The summed E-state index contributed by atoms with van der Waals surface area (Å²) in [5.74, 6) is -1.44. The Bertz CT molecular complexity index is 275. The molecule has 1 aliphatic carbocycles. The Balaban J connectivity index is 2.27. The lowest BCUT2D eigenvalue weighted by Crippen LogP contribution is -2.33. The molecule has 0 bridgehead atoms. The molecular formula is C10H15NO4. The highest BCUT2D eigenvalue weighted by atomic mass is 16.5. The van der Waals surface area contributed by atoms with Gasteiger partial charge < -0.3 is 15.2 Å². The Labute approximate surface area is 88.1 Å². The molecule has 0 radical (unpaired) electrons. The van der Waals surface area contributed by atoms with Crippen LogP contribution in [-0.2, 0) is 14.3 Å². The van der Waals surface area contributed by atoms with Gasteiger partial charge in [-0.1, -0.05) is 12.2 Å². The summed E-state index contributed by atoms with van der Waals surface area (Å²) in [6.07, 6.45) is 4.08. The SMILES string of the molecule is COCCC(=O)NC1C=CC(C(=O)O)C1. The zero-order valence-electron chi connectivity index (χ0n) is 8.60. The molecule has 0 heterocycles. The van der Waals surface area contributed by atoms with Crippen LogP contribution in [0.5, 0.6) is 0 Å². The fraction of sp³-hybridized carbons (Fsp3) is 0.600. The van der Waals surface area contributed by atoms with Crippen molar-refractivity contribution >= 4 is 11.9 Å². The molecule has 1 rings (SSSR count). The molecule has 2 N–H and O–H groups in total. The minimum Gasteiger partial charge on any atom is -0.481 e. The zero-order chi connectivity index (χ0) is 11.3. The first-order valence-electron chi connectivity index (χ1n) is 4.83. The fourth-order valence-electron chi connectivity index (χ4n) is 1.46. The fourth-order valence-corrected chi connectivity index (χ4v) is 1.46. The first-order chi connectivity index (χ1) is 7.13. The number of amides is 1. The van der Waals surface area contributed by atoms with Gasteiger partial charge in [-0.2, -0.15) is 0 Å². The van der Waals surface area contributed by atoms with Crippen LogP contribution in [0.3, 0.4) is 0 Å². The van der Waals surface area contributed by atoms with E-state index in [1.54, 1.807) is 12.2 Å². The van der Waals surface area contributed by atoms with E-state index < -0.39 is 11.9 Å². The number of aliphatic carboxylic acids is 1. The van der Waals surface area contributed by atoms with Crippen molar-refractivity contribution in [1.82, 2.24) is 5.32 Å². The van der Waals surface area contributed by atoms with E-state index in [4.69, 9.17) is 9.84 Å². The van der Waals surface area contributed by atoms with Gasteiger partial charge in [-0.05, 0) is 6.42 Å². The van der Waals surface area contributed by atoms with Crippen LogP contribution in [0.15, 0.2) is 12.2 Å². The first-order valence-corrected chi connectivity index (χ1v) is 4.83. The highest BCUT2D eigenvalue weighted by Crippen LogP contribution is 2.17. The van der Waals surface area contributed by atoms with Gasteiger partial charge in [-0.15, -0.1) is 0 Å². The second-order valence-corrected chi connectivity index (χ2v) is 3.48. The van der Waals surface area contributed by atoms with Crippen LogP contribution < -0.4 is 5.32 Å². The monoisotopic (exact) mass is 213 g/mol. The molecule has 0 aromatic heterocycles. The lowest BCUT2D eigenvalue weighted by Gasteiger charge is -2.11. The van der Waals surface area contributed by atoms with Crippen LogP contribution in [-0.4, -0.2) is 36.7 Å². The molecule has 0 aromatic carbocycles. The largest absolute Gasteiger partial charge is 0.481 e. The van der Waals surface area contributed by atoms with Crippen molar-refractivity contribution in [2.75, 3.05) is 13.7 Å². The standard InChI is InChI=1S/C10H15NO4/c1-15-5-4-9(12)11-8-3-2-7(6-8)10(13)14/h2-3,7-8H,4-6H2,1H3,(H,11,12)(H,13,14). The molecule has 5 nitrogen and oxygen atoms in total. The molecule has 0 aromatic rings. The van der Waals surface area contributed by atoms with Gasteiger partial charge in [0.15, 0.2) is 0 Å². The molecule has 2 atom stereocenters. The third-order valence-corrected chi connectivity index (χ3v) is 2.28. The number of carbonyl (C=O) groups excluding carboxylic acids is 1. The number of rotatable bonds is 5. The summed E-state index contributed by atoms with van der Waals surface area (Å²) in [6.45, 7) is 0.380. The van der Waals surface area contributed by atoms with E-state index >= 15 is 0 Å². The highest BCUT2D eigenvalue weighted by molar-refractivity contribution is 5.77. The summed E-state index contributed by atoms with van der Waals surface area (Å²) in [6, 6.07) is -0.157. The van der Waals surface area contributed by atoms with Crippen molar-refractivity contribution in [2.45, 2.75) is 18.9 Å². The van der Waals surface area contributed by atoms with Crippen molar-refractivity contribution < 1.29 is 19.4 Å². The van der Waals surface area contributed by atoms with Crippen molar-refractivity contribution in [3.63, 3.8) is 0 Å². The predicted octanol–water partition coefficient (Wildman–Crippen LogP) is 0.168. The average Bonchev–Trinajstić information content (AvgIpc) is 2.63. The number of carboxylic acids is 1. The maximum atomic E-state index is 11.3. The maximum Gasteiger partial charge on any atom is 0.310 e. The van der Waals surface area contributed by atoms with Gasteiger partial charge in [0.25, 0.3) is 0 Å². The summed E-state index contributed by atoms with van der Waals surface area (Å²) in [5.41, 5.74) is 0. The van der Waals surface area contributed by atoms with Crippen LogP contribution >= 0.6 is 0 Å². The predicted molar refractivity (Wildman–Crippen MR) is 53.3 cm³/mol. The number of nitrogens with one attached hydrogen (secondary N) is 1. The second kappa shape index (κ2) is 5.50. The molecule has 5 heteroatoms. The Kier molecular flexibility index (Phi) is 4.30. The third kappa shape index (κ3) is 3.71. The number of carboxylic acid groups (broad SMARTS) is 1. The van der Waals surface area contributed by atoms with Gasteiger partial charge >= 0.3 is 5.97 Å². The highest BCUT2D eigenvalue weighted by Gasteiger charge is 2.24. The molecule has 0 fully saturated rings. The van der Waals surface area contributed by atoms with Gasteiger partial charge in [-0.3, -0.25) is 9.59 Å². The molecule has 1 aliphatic rings. The lowest BCUT2D eigenvalue weighted by atomic mass is 10.1. The molecular weight excluding hydrogens is 198 g/mol. The minimum absolute atomic E-state index is 0.113. The van der Waals surface area contributed by atoms with E-state index in [0.29, 0.717) is 19.4 Å². The molecule has 0 saturated carbocycles. The second-order valence-electron chi connectivity index (χ2n) is 3.48. The smallest absolute Gasteiger partial charge is 0.310 e. The topological polar surface area (TPSA) is 75.6 Å². The Morgan fingerprint density at radius 2 is 2.27 bits per heavy atom. The quantitative estimate of drug-likeness (QED) is 0.638. The van der Waals surface area contributed by atoms with Crippen molar-refractivity contribution in [2.24, 2.45) is 5.92 Å². The minimum atomic E-state index is -0.847. The van der Waals surface area contributed by atoms with E-state index in [-0.39, 0.29) is 11.9 Å². The van der Waals surface area contributed by atoms with E-state index in [2.05, 4.69) is 5.32 Å². The van der Waals surface area contributed by atoms with Gasteiger partial charge in [0.05, 0.1) is 12.5 Å². The molecule has 0 saturated heterocycles. The van der Waals surface area contributed by atoms with E-state index in [9.17, 15) is 9.59 Å². The molecule has 84 valence electrons. The third-order valence-electron chi connectivity index (χ3n) is 2.28. The zero-order valence-corrected chi connectivity index (χ0v) is 8.60. The van der Waals surface area contributed by atoms with Crippen LogP contribution in [0.2, 0.25) is 0 Å². The number of hydrogen-bond acceptors (Lipinski definition) is 3. The van der Waals surface area contributed by atoms with Gasteiger partial charge in [0, 0.05) is 19.6 Å². The summed E-state index contributed by atoms with van der Waals surface area (Å²) in [5, 5.41) is 11.5. The van der Waals surface area contributed by atoms with E-state index in [1.165, 1.54) is 7.11 Å². The van der Waals surface area contributed by atoms with E-state index in [0.717, 1.165) is 0 Å². The van der Waals surface area contributed by atoms with E-state index in [1.807, 2.05) is 0 Å². The normalized spacial score (nSPS) is 24.1. The number of hydrogen-bond donors (Lipinski definition) is 2. The van der Waals surface area contributed by atoms with Crippen LogP contribution in [0.1, 0.15) is 12.8 Å². The van der Waals surface area contributed by atoms with Crippen LogP contribution in [0, 0.1) is 5.92 Å². The van der Waals surface area contributed by atoms with Crippen molar-refractivity contribution in [3.05, 3.63) is 12.2 Å². The Morgan fingerprint density at radius 1 is 1.53 bits per heavy atom. The summed E-state index contributed by atoms with van der Waals surface area (Å²) in [4.78, 5) is 21.9. The summed E-state index contributed by atoms with van der Waals surface area (Å²) < 4.78 is 4.76. The lowest BCUT2D eigenvalue weighted by molar-refractivity contribution is -0.140. The number of ether oxygens (including phenoxy) is 1. The molecule has 15 heavy (non-hydrogen) atoms. The number of carbonyl (C=O) groups is 2. The van der Waals surface area contributed by atoms with Crippen molar-refractivity contribution in [3.8, 4) is 0 Å². The van der Waals surface area contributed by atoms with Gasteiger partial charge in [-0.25, -0.2) is 0 Å². The molecule has 0 aliphatic heterocycles. The van der Waals surface area contributed by atoms with Gasteiger partial charge in [0.1, 0.15) is 0 Å². The number of methoxy groups -OCH3 is 1. The summed E-state index contributed by atoms with van der Waals surface area (Å²) >= 11 is 0. The van der Waals surface area contributed by atoms with Crippen LogP contribution in [0.4, 0.5) is 0 Å². The van der Waals surface area contributed by atoms with Crippen molar-refractivity contribution in [1.29, 1.82) is 0 Å². The first kappa shape index (κ1) is 11.7. The average molecular weight is 213 g/mol. The summed E-state index contributed by atoms with van der Waals surface area (Å²) in [7, 11) is 1.53. The molecule has 0 spiro atoms.